The summed E-state index contributed by atoms with van der Waals surface area (Å²) in [7, 11) is -4.23. The van der Waals surface area contributed by atoms with Crippen molar-refractivity contribution in [1.29, 1.82) is 0 Å². The first-order valence-electron chi connectivity index (χ1n) is 7.41. The van der Waals surface area contributed by atoms with Crippen LogP contribution in [0.15, 0.2) is 69.7 Å². The minimum absolute atomic E-state index is 0.0871. The molecule has 0 spiro atoms. The fourth-order valence-corrected chi connectivity index (χ4v) is 4.18. The Labute approximate surface area is 131 Å². The predicted octanol–water partition coefficient (Wildman–Crippen LogP) is 4.28. The lowest BCUT2D eigenvalue weighted by molar-refractivity contribution is 0.491. The van der Waals surface area contributed by atoms with Gasteiger partial charge in [-0.05, 0) is 52.8 Å². The molecule has 0 atom stereocenters. The van der Waals surface area contributed by atoms with Gasteiger partial charge in [-0.2, -0.15) is 8.42 Å². The Morgan fingerprint density at radius 1 is 0.909 bits per heavy atom. The molecule has 3 rings (SSSR count). The highest BCUT2D eigenvalue weighted by atomic mass is 32.2. The minimum atomic E-state index is -4.23. The number of benzene rings is 1. The van der Waals surface area contributed by atoms with E-state index in [9.17, 15) is 13.0 Å². The zero-order valence-electron chi connectivity index (χ0n) is 12.6. The molecule has 0 saturated heterocycles. The molecule has 0 radical (unpaired) electrons. The van der Waals surface area contributed by atoms with Crippen molar-refractivity contribution in [2.24, 2.45) is 0 Å². The van der Waals surface area contributed by atoms with Gasteiger partial charge in [-0.25, -0.2) is 0 Å². The molecule has 22 heavy (non-hydrogen) atoms. The van der Waals surface area contributed by atoms with E-state index in [0.29, 0.717) is 17.6 Å². The molecule has 114 valence electrons. The van der Waals surface area contributed by atoms with Gasteiger partial charge in [-0.1, -0.05) is 44.2 Å². The Bertz CT molecular complexity index is 851. The lowest BCUT2D eigenvalue weighted by atomic mass is 9.99. The van der Waals surface area contributed by atoms with Crippen molar-refractivity contribution in [2.75, 3.05) is 0 Å². The molecule has 0 heterocycles. The van der Waals surface area contributed by atoms with E-state index in [4.69, 9.17) is 0 Å². The number of hydrogen-bond acceptors (Lipinski definition) is 2. The topological polar surface area (TPSA) is 54.4 Å². The molecule has 2 aliphatic carbocycles. The molecule has 3 nitrogen and oxygen atoms in total. The molecule has 0 saturated carbocycles. The summed E-state index contributed by atoms with van der Waals surface area (Å²) in [5, 5.41) is 0. The van der Waals surface area contributed by atoms with Crippen molar-refractivity contribution in [3.05, 3.63) is 75.2 Å². The Morgan fingerprint density at radius 3 is 2.05 bits per heavy atom. The van der Waals surface area contributed by atoms with Crippen LogP contribution in [-0.2, 0) is 10.1 Å². The number of rotatable bonds is 4. The third-order valence-corrected chi connectivity index (χ3v) is 5.12. The second-order valence-corrected chi connectivity index (χ2v) is 6.78. The molecule has 0 amide bonds. The summed E-state index contributed by atoms with van der Waals surface area (Å²) in [5.74, 6) is 0. The molecule has 0 aliphatic heterocycles. The van der Waals surface area contributed by atoms with Crippen LogP contribution in [0.1, 0.15) is 32.3 Å². The lowest BCUT2D eigenvalue weighted by Gasteiger charge is -2.08. The quantitative estimate of drug-likeness (QED) is 0.844. The van der Waals surface area contributed by atoms with Crippen LogP contribution < -0.4 is 0 Å². The van der Waals surface area contributed by atoms with E-state index >= 15 is 0 Å². The van der Waals surface area contributed by atoms with Crippen LogP contribution in [0.3, 0.4) is 0 Å². The van der Waals surface area contributed by atoms with Gasteiger partial charge in [0.25, 0.3) is 10.1 Å². The molecule has 0 aromatic heterocycles. The third kappa shape index (κ3) is 2.28. The maximum absolute atomic E-state index is 11.9. The van der Waals surface area contributed by atoms with Crippen molar-refractivity contribution >= 4 is 15.7 Å². The van der Waals surface area contributed by atoms with Crippen LogP contribution >= 0.6 is 0 Å². The van der Waals surface area contributed by atoms with E-state index in [2.05, 4.69) is 0 Å². The zero-order valence-corrected chi connectivity index (χ0v) is 13.4. The molecule has 0 fully saturated rings. The van der Waals surface area contributed by atoms with Gasteiger partial charge in [0.2, 0.25) is 0 Å². The van der Waals surface area contributed by atoms with E-state index in [1.807, 2.05) is 56.3 Å². The first-order valence-corrected chi connectivity index (χ1v) is 8.85. The second kappa shape index (κ2) is 5.38. The summed E-state index contributed by atoms with van der Waals surface area (Å²) >= 11 is 0. The predicted molar refractivity (Wildman–Crippen MR) is 88.7 cm³/mol. The lowest BCUT2D eigenvalue weighted by Crippen LogP contribution is -2.05. The molecule has 1 aromatic rings. The van der Waals surface area contributed by atoms with Crippen LogP contribution in [0.5, 0.6) is 0 Å². The molecule has 2 aliphatic rings. The van der Waals surface area contributed by atoms with Gasteiger partial charge in [-0.3, -0.25) is 4.55 Å². The Morgan fingerprint density at radius 2 is 1.50 bits per heavy atom. The highest BCUT2D eigenvalue weighted by Crippen LogP contribution is 2.49. The average molecular weight is 314 g/mol. The highest BCUT2D eigenvalue weighted by Gasteiger charge is 2.36. The van der Waals surface area contributed by atoms with E-state index in [0.717, 1.165) is 28.7 Å². The summed E-state index contributed by atoms with van der Waals surface area (Å²) in [5.41, 5.74) is 5.31. The van der Waals surface area contributed by atoms with Gasteiger partial charge < -0.3 is 0 Å². The van der Waals surface area contributed by atoms with E-state index in [-0.39, 0.29) is 4.91 Å². The Balaban J connectivity index is 2.18. The zero-order chi connectivity index (χ0) is 15.9. The second-order valence-electron chi connectivity index (χ2n) is 5.42. The van der Waals surface area contributed by atoms with Crippen LogP contribution in [0.2, 0.25) is 0 Å². The molecule has 1 aromatic carbocycles. The highest BCUT2D eigenvalue weighted by molar-refractivity contribution is 7.90. The number of hydrogen-bond donors (Lipinski definition) is 1. The van der Waals surface area contributed by atoms with Crippen molar-refractivity contribution in [3.63, 3.8) is 0 Å². The standard InChI is InChI=1S/C18H18O3S/c1-3-12-10-15(14-8-6-5-7-9-14)16-11-13(4-2)18(17(12)16)22(19,20)21/h5-11H,3-4H2,1-2H3,(H,19,20,21). The molecule has 0 unspecified atom stereocenters. The van der Waals surface area contributed by atoms with Crippen molar-refractivity contribution < 1.29 is 13.0 Å². The van der Waals surface area contributed by atoms with Crippen LogP contribution in [-0.4, -0.2) is 13.0 Å². The summed E-state index contributed by atoms with van der Waals surface area (Å²) in [4.78, 5) is 0.0871. The van der Waals surface area contributed by atoms with Crippen LogP contribution in [0.25, 0.3) is 5.57 Å². The van der Waals surface area contributed by atoms with E-state index in [1.54, 1.807) is 0 Å². The average Bonchev–Trinajstić information content (AvgIpc) is 3.03. The first kappa shape index (κ1) is 15.0. The monoisotopic (exact) mass is 314 g/mol. The summed E-state index contributed by atoms with van der Waals surface area (Å²) in [6, 6.07) is 9.91. The summed E-state index contributed by atoms with van der Waals surface area (Å²) in [6.07, 6.45) is 5.23. The number of fused-ring (bicyclic) bond motifs is 1. The van der Waals surface area contributed by atoms with Gasteiger partial charge in [0.05, 0.1) is 0 Å². The van der Waals surface area contributed by atoms with Gasteiger partial charge in [0.1, 0.15) is 4.91 Å². The normalized spacial score (nSPS) is 17.8. The summed E-state index contributed by atoms with van der Waals surface area (Å²) in [6.45, 7) is 3.90. The van der Waals surface area contributed by atoms with Crippen molar-refractivity contribution in [3.8, 4) is 0 Å². The smallest absolute Gasteiger partial charge is 0.282 e. The van der Waals surface area contributed by atoms with Crippen molar-refractivity contribution in [2.45, 2.75) is 26.7 Å². The molecule has 0 bridgehead atoms. The Hall–Kier alpha value is -1.91. The van der Waals surface area contributed by atoms with E-state index in [1.165, 1.54) is 0 Å². The van der Waals surface area contributed by atoms with Gasteiger partial charge in [0, 0.05) is 5.57 Å². The van der Waals surface area contributed by atoms with Gasteiger partial charge in [0.15, 0.2) is 0 Å². The van der Waals surface area contributed by atoms with Crippen molar-refractivity contribution in [1.82, 2.24) is 0 Å². The molecule has 1 N–H and O–H groups in total. The maximum Gasteiger partial charge on any atom is 0.295 e. The van der Waals surface area contributed by atoms with Gasteiger partial charge in [-0.15, -0.1) is 0 Å². The fraction of sp³-hybridized carbons (Fsp3) is 0.222. The van der Waals surface area contributed by atoms with Crippen LogP contribution in [0.4, 0.5) is 0 Å². The summed E-state index contributed by atoms with van der Waals surface area (Å²) < 4.78 is 33.4. The largest absolute Gasteiger partial charge is 0.295 e. The fourth-order valence-electron chi connectivity index (χ4n) is 3.14. The maximum atomic E-state index is 11.9. The first-order chi connectivity index (χ1) is 10.5. The minimum Gasteiger partial charge on any atom is -0.282 e. The molecular formula is C18H18O3S. The van der Waals surface area contributed by atoms with E-state index < -0.39 is 10.1 Å². The third-order valence-electron chi connectivity index (χ3n) is 4.14. The Kier molecular flexibility index (Phi) is 3.67. The SMILES string of the molecule is CCC1=C2C(=CC(CC)=C2S(=O)(=O)O)C(c2ccccc2)=C1. The van der Waals surface area contributed by atoms with Crippen LogP contribution in [0, 0.1) is 0 Å². The molecule has 4 heteroatoms. The number of allylic oxidation sites excluding steroid dienone is 7. The van der Waals surface area contributed by atoms with Gasteiger partial charge >= 0.3 is 0 Å². The molecular weight excluding hydrogens is 296 g/mol.